The summed E-state index contributed by atoms with van der Waals surface area (Å²) in [5, 5.41) is 4.25. The van der Waals surface area contributed by atoms with Gasteiger partial charge in [0.2, 0.25) is 0 Å². The highest BCUT2D eigenvalue weighted by atomic mass is 31.1. The highest BCUT2D eigenvalue weighted by Gasteiger charge is 2.22. The molecular weight excluding hydrogens is 550 g/mol. The highest BCUT2D eigenvalue weighted by Crippen LogP contribution is 2.40. The SMILES string of the molecule is CC(C)N(CCCN(C(C)C)p1oc2ccccc2c2ccccc2o1)p1oc2ccccc2c2ccccc2o1. The zero-order valence-corrected chi connectivity index (χ0v) is 25.7. The lowest BCUT2D eigenvalue weighted by Gasteiger charge is -2.26. The molecule has 0 unspecified atom stereocenters. The Bertz CT molecular complexity index is 1630. The van der Waals surface area contributed by atoms with E-state index in [0.29, 0.717) is 0 Å². The molecule has 8 heteroatoms. The van der Waals surface area contributed by atoms with Crippen LogP contribution in [-0.2, 0) is 0 Å². The molecule has 6 aromatic rings. The van der Waals surface area contributed by atoms with E-state index in [4.69, 9.17) is 16.8 Å². The molecule has 212 valence electrons. The molecule has 6 rings (SSSR count). The van der Waals surface area contributed by atoms with Crippen LogP contribution in [0.1, 0.15) is 34.1 Å². The molecule has 41 heavy (non-hydrogen) atoms. The Balaban J connectivity index is 1.34. The molecule has 0 fully saturated rings. The van der Waals surface area contributed by atoms with Crippen LogP contribution in [-0.4, -0.2) is 25.2 Å². The van der Waals surface area contributed by atoms with Crippen molar-refractivity contribution < 1.29 is 16.8 Å². The lowest BCUT2D eigenvalue weighted by molar-refractivity contribution is 0.573. The van der Waals surface area contributed by atoms with E-state index >= 15 is 0 Å². The van der Waals surface area contributed by atoms with Crippen molar-refractivity contribution >= 4 is 60.2 Å². The Kier molecular flexibility index (Phi) is 8.27. The summed E-state index contributed by atoms with van der Waals surface area (Å²) >= 11 is 0. The first kappa shape index (κ1) is 27.8. The maximum absolute atomic E-state index is 6.59. The first-order chi connectivity index (χ1) is 20.0. The normalized spacial score (nSPS) is 12.1. The van der Waals surface area contributed by atoms with Crippen LogP contribution >= 0.6 is 16.3 Å². The quantitative estimate of drug-likeness (QED) is 0.177. The first-order valence-corrected chi connectivity index (χ1v) is 16.5. The summed E-state index contributed by atoms with van der Waals surface area (Å²) in [5.74, 6) is 0. The van der Waals surface area contributed by atoms with E-state index in [1.54, 1.807) is 0 Å². The van der Waals surface area contributed by atoms with Gasteiger partial charge in [0.25, 0.3) is 0 Å². The zero-order chi connectivity index (χ0) is 28.3. The van der Waals surface area contributed by atoms with Crippen molar-refractivity contribution in [3.63, 3.8) is 0 Å². The molecule has 0 radical (unpaired) electrons. The number of hydrogen-bond acceptors (Lipinski definition) is 6. The van der Waals surface area contributed by atoms with Crippen LogP contribution in [0.3, 0.4) is 0 Å². The van der Waals surface area contributed by atoms with Gasteiger partial charge in [-0.25, -0.2) is 9.34 Å². The Morgan fingerprint density at radius 1 is 0.463 bits per heavy atom. The zero-order valence-electron chi connectivity index (χ0n) is 23.9. The van der Waals surface area contributed by atoms with Crippen LogP contribution in [0.25, 0.3) is 43.9 Å². The first-order valence-electron chi connectivity index (χ1n) is 14.2. The van der Waals surface area contributed by atoms with Gasteiger partial charge in [0.15, 0.2) is 0 Å². The summed E-state index contributed by atoms with van der Waals surface area (Å²) in [6, 6.07) is 33.3. The van der Waals surface area contributed by atoms with Crippen LogP contribution in [0, 0.1) is 0 Å². The third kappa shape index (κ3) is 5.84. The fourth-order valence-electron chi connectivity index (χ4n) is 5.11. The molecule has 0 saturated carbocycles. The molecule has 0 atom stereocenters. The largest absolute Gasteiger partial charge is 0.408 e. The number of nitrogens with zero attached hydrogens (tertiary/aromatic N) is 2. The van der Waals surface area contributed by atoms with E-state index in [-0.39, 0.29) is 12.1 Å². The second-order valence-corrected chi connectivity index (χ2v) is 13.4. The second kappa shape index (κ2) is 12.2. The Morgan fingerprint density at radius 3 is 1.00 bits per heavy atom. The third-order valence-corrected chi connectivity index (χ3v) is 10.8. The molecule has 0 saturated heterocycles. The summed E-state index contributed by atoms with van der Waals surface area (Å²) in [6.07, 6.45) is 0.903. The van der Waals surface area contributed by atoms with Gasteiger partial charge in [0.1, 0.15) is 22.3 Å². The van der Waals surface area contributed by atoms with Crippen LogP contribution in [0.15, 0.2) is 114 Å². The summed E-state index contributed by atoms with van der Waals surface area (Å²) in [7, 11) is -2.70. The number of fused-ring (bicyclic) bond motifs is 6. The number of benzene rings is 4. The molecule has 0 amide bonds. The van der Waals surface area contributed by atoms with Gasteiger partial charge in [-0.15, -0.1) is 0 Å². The van der Waals surface area contributed by atoms with Crippen molar-refractivity contribution in [2.45, 2.75) is 46.2 Å². The van der Waals surface area contributed by atoms with Gasteiger partial charge < -0.3 is 16.8 Å². The summed E-state index contributed by atoms with van der Waals surface area (Å²) in [5.41, 5.74) is 3.44. The van der Waals surface area contributed by atoms with Crippen molar-refractivity contribution in [3.8, 4) is 0 Å². The molecule has 0 bridgehead atoms. The minimum absolute atomic E-state index is 0.237. The maximum atomic E-state index is 6.59. The monoisotopic (exact) mass is 586 g/mol. The lowest BCUT2D eigenvalue weighted by atomic mass is 10.1. The second-order valence-electron chi connectivity index (χ2n) is 10.7. The van der Waals surface area contributed by atoms with Crippen molar-refractivity contribution in [1.82, 2.24) is 0 Å². The van der Waals surface area contributed by atoms with Crippen LogP contribution in [0.4, 0.5) is 0 Å². The minimum atomic E-state index is -1.35. The van der Waals surface area contributed by atoms with E-state index in [0.717, 1.165) is 63.4 Å². The van der Waals surface area contributed by atoms with Crippen molar-refractivity contribution in [3.05, 3.63) is 97.1 Å². The number of hydrogen-bond donors (Lipinski definition) is 0. The Morgan fingerprint density at radius 2 is 0.732 bits per heavy atom. The summed E-state index contributed by atoms with van der Waals surface area (Å²) in [4.78, 5) is 0. The molecular formula is C33H36N2O4P2. The smallest absolute Gasteiger partial charge is 0.309 e. The molecule has 0 spiro atoms. The summed E-state index contributed by atoms with van der Waals surface area (Å²) < 4.78 is 31.0. The molecule has 2 heterocycles. The molecule has 4 aromatic carbocycles. The van der Waals surface area contributed by atoms with E-state index in [1.165, 1.54) is 0 Å². The van der Waals surface area contributed by atoms with Crippen molar-refractivity contribution in [2.75, 3.05) is 22.4 Å². The maximum Gasteiger partial charge on any atom is 0.309 e. The van der Waals surface area contributed by atoms with E-state index in [2.05, 4.69) is 61.3 Å². The predicted octanol–water partition coefficient (Wildman–Crippen LogP) is 10.7. The minimum Gasteiger partial charge on any atom is -0.408 e. The fourth-order valence-corrected chi connectivity index (χ4v) is 8.28. The van der Waals surface area contributed by atoms with Gasteiger partial charge in [-0.1, -0.05) is 72.8 Å². The molecule has 0 aliphatic rings. The van der Waals surface area contributed by atoms with E-state index in [9.17, 15) is 0 Å². The standard InChI is InChI=1S/C33H36N2O4P2/c1-24(2)34(40-36-30-18-9-5-14-26(30)27-15-6-10-19-31(27)37-40)22-13-23-35(25(3)4)41-38-32-20-11-7-16-28(32)29-17-8-12-21-33(29)39-41/h5-12,14-21,24-25H,13,22-23H2,1-4H3. The average Bonchev–Trinajstić information content (AvgIpc) is 3.24. The van der Waals surface area contributed by atoms with Crippen LogP contribution in [0.5, 0.6) is 0 Å². The van der Waals surface area contributed by atoms with Gasteiger partial charge in [-0.05, 0) is 58.4 Å². The topological polar surface area (TPSA) is 59.0 Å². The van der Waals surface area contributed by atoms with Gasteiger partial charge in [0, 0.05) is 46.7 Å². The van der Waals surface area contributed by atoms with Crippen molar-refractivity contribution in [1.29, 1.82) is 0 Å². The van der Waals surface area contributed by atoms with Crippen molar-refractivity contribution in [2.24, 2.45) is 0 Å². The van der Waals surface area contributed by atoms with E-state index < -0.39 is 16.3 Å². The van der Waals surface area contributed by atoms with E-state index in [1.807, 2.05) is 72.8 Å². The van der Waals surface area contributed by atoms with Crippen LogP contribution < -0.4 is 9.34 Å². The molecule has 0 aliphatic heterocycles. The third-order valence-electron chi connectivity index (χ3n) is 7.22. The average molecular weight is 587 g/mol. The van der Waals surface area contributed by atoms with Gasteiger partial charge >= 0.3 is 16.3 Å². The predicted molar refractivity (Wildman–Crippen MR) is 174 cm³/mol. The molecule has 2 aromatic heterocycles. The Labute approximate surface area is 242 Å². The Hall–Kier alpha value is -3.40. The van der Waals surface area contributed by atoms with Gasteiger partial charge in [-0.2, -0.15) is 0 Å². The van der Waals surface area contributed by atoms with Crippen LogP contribution in [0.2, 0.25) is 0 Å². The molecule has 0 N–H and O–H groups in total. The summed E-state index contributed by atoms with van der Waals surface area (Å²) in [6.45, 7) is 10.4. The van der Waals surface area contributed by atoms with Gasteiger partial charge in [0.05, 0.1) is 0 Å². The fraction of sp³-hybridized carbons (Fsp3) is 0.273. The lowest BCUT2D eigenvalue weighted by Crippen LogP contribution is -2.34. The molecule has 0 aliphatic carbocycles. The number of rotatable bonds is 8. The van der Waals surface area contributed by atoms with Gasteiger partial charge in [-0.3, -0.25) is 0 Å². The number of para-hydroxylation sites is 4. The molecule has 6 nitrogen and oxygen atoms in total. The highest BCUT2D eigenvalue weighted by molar-refractivity contribution is 7.39.